The predicted octanol–water partition coefficient (Wildman–Crippen LogP) is 4.39. The summed E-state index contributed by atoms with van der Waals surface area (Å²) in [4.78, 5) is 30.9. The summed E-state index contributed by atoms with van der Waals surface area (Å²) in [7, 11) is 0. The van der Waals surface area contributed by atoms with Crippen LogP contribution in [0.5, 0.6) is 0 Å². The van der Waals surface area contributed by atoms with E-state index in [0.29, 0.717) is 19.4 Å². The lowest BCUT2D eigenvalue weighted by Gasteiger charge is -2.29. The molecule has 0 radical (unpaired) electrons. The number of halogens is 4. The third-order valence-corrected chi connectivity index (χ3v) is 5.88. The van der Waals surface area contributed by atoms with Gasteiger partial charge in [-0.2, -0.15) is 13.2 Å². The number of benzene rings is 1. The lowest BCUT2D eigenvalue weighted by atomic mass is 9.85. The van der Waals surface area contributed by atoms with Crippen molar-refractivity contribution in [3.8, 4) is 0 Å². The van der Waals surface area contributed by atoms with Crippen LogP contribution in [0.3, 0.4) is 0 Å². The van der Waals surface area contributed by atoms with Gasteiger partial charge in [-0.05, 0) is 49.8 Å². The van der Waals surface area contributed by atoms with Crippen molar-refractivity contribution in [1.82, 2.24) is 19.9 Å². The molecule has 1 aliphatic carbocycles. The number of para-hydroxylation sites is 2. The molecule has 2 N–H and O–H groups in total. The molecule has 1 saturated carbocycles. The lowest BCUT2D eigenvalue weighted by molar-refractivity contribution is -0.141. The molecule has 4 rings (SSSR count). The summed E-state index contributed by atoms with van der Waals surface area (Å²) in [5.41, 5.74) is -0.362. The number of nitrogens with one attached hydrogen (secondary N) is 2. The van der Waals surface area contributed by atoms with Crippen LogP contribution >= 0.6 is 11.6 Å². The van der Waals surface area contributed by atoms with Gasteiger partial charge in [0, 0.05) is 18.8 Å². The van der Waals surface area contributed by atoms with Crippen LogP contribution in [0.1, 0.15) is 41.7 Å². The highest BCUT2D eigenvalue weighted by Crippen LogP contribution is 2.32. The number of amides is 1. The van der Waals surface area contributed by atoms with E-state index in [-0.39, 0.29) is 22.7 Å². The smallest absolute Gasteiger partial charge is 0.349 e. The molecule has 2 heterocycles. The molecule has 1 fully saturated rings. The average Bonchev–Trinajstić information content (AvgIpc) is 3.03. The van der Waals surface area contributed by atoms with Gasteiger partial charge < -0.3 is 10.3 Å². The number of carbonyl (C=O) groups is 1. The van der Waals surface area contributed by atoms with Gasteiger partial charge in [-0.1, -0.05) is 23.7 Å². The van der Waals surface area contributed by atoms with E-state index >= 15 is 0 Å². The van der Waals surface area contributed by atoms with Gasteiger partial charge >= 0.3 is 11.9 Å². The van der Waals surface area contributed by atoms with E-state index in [1.54, 1.807) is 4.57 Å². The number of pyridine rings is 1. The van der Waals surface area contributed by atoms with Gasteiger partial charge in [0.05, 0.1) is 21.6 Å². The van der Waals surface area contributed by atoms with E-state index in [4.69, 9.17) is 11.6 Å². The van der Waals surface area contributed by atoms with Gasteiger partial charge in [-0.25, -0.2) is 9.78 Å². The fourth-order valence-corrected chi connectivity index (χ4v) is 4.29. The summed E-state index contributed by atoms with van der Waals surface area (Å²) < 4.78 is 41.2. The summed E-state index contributed by atoms with van der Waals surface area (Å²) in [5.74, 6) is -0.595. The first-order valence-corrected chi connectivity index (χ1v) is 10.3. The second-order valence-electron chi connectivity index (χ2n) is 7.80. The van der Waals surface area contributed by atoms with Gasteiger partial charge in [-0.15, -0.1) is 0 Å². The highest BCUT2D eigenvalue weighted by Gasteiger charge is 2.38. The number of H-pyrrole nitrogens is 1. The number of nitrogens with zero attached hydrogens (tertiary/aromatic N) is 2. The van der Waals surface area contributed by atoms with Crippen LogP contribution in [0.15, 0.2) is 41.3 Å². The van der Waals surface area contributed by atoms with E-state index < -0.39 is 23.3 Å². The third kappa shape index (κ3) is 4.61. The van der Waals surface area contributed by atoms with E-state index in [2.05, 4.69) is 15.3 Å². The molecule has 0 aliphatic heterocycles. The van der Waals surface area contributed by atoms with Gasteiger partial charge in [-0.3, -0.25) is 9.36 Å². The molecule has 1 amide bonds. The molecule has 0 spiro atoms. The number of aromatic amines is 1. The Bertz CT molecular complexity index is 1160. The molecular weight excluding hydrogens is 433 g/mol. The number of aromatic nitrogens is 3. The summed E-state index contributed by atoms with van der Waals surface area (Å²) >= 11 is 5.75. The molecule has 0 saturated heterocycles. The van der Waals surface area contributed by atoms with Crippen molar-refractivity contribution in [3.05, 3.63) is 63.3 Å². The predicted molar refractivity (Wildman–Crippen MR) is 110 cm³/mol. The molecule has 2 aromatic heterocycles. The van der Waals surface area contributed by atoms with Crippen molar-refractivity contribution >= 4 is 28.5 Å². The Morgan fingerprint density at radius 3 is 2.65 bits per heavy atom. The zero-order valence-electron chi connectivity index (χ0n) is 16.4. The van der Waals surface area contributed by atoms with Crippen molar-refractivity contribution in [2.24, 2.45) is 5.92 Å². The average molecular weight is 453 g/mol. The van der Waals surface area contributed by atoms with Crippen molar-refractivity contribution in [1.29, 1.82) is 0 Å². The largest absolute Gasteiger partial charge is 0.434 e. The number of imidazole rings is 1. The molecule has 164 valence electrons. The van der Waals surface area contributed by atoms with Crippen LogP contribution in [0, 0.1) is 5.92 Å². The molecule has 1 aromatic carbocycles. The molecule has 31 heavy (non-hydrogen) atoms. The number of alkyl halides is 3. The highest BCUT2D eigenvalue weighted by atomic mass is 35.5. The third-order valence-electron chi connectivity index (χ3n) is 5.67. The maximum absolute atomic E-state index is 13.2. The van der Waals surface area contributed by atoms with Crippen LogP contribution in [0.4, 0.5) is 13.2 Å². The Kier molecular flexibility index (Phi) is 5.79. The lowest BCUT2D eigenvalue weighted by Crippen LogP contribution is -2.39. The Morgan fingerprint density at radius 2 is 1.94 bits per heavy atom. The fourth-order valence-electron chi connectivity index (χ4n) is 4.14. The first kappa shape index (κ1) is 21.4. The molecule has 0 bridgehead atoms. The highest BCUT2D eigenvalue weighted by molar-refractivity contribution is 6.30. The van der Waals surface area contributed by atoms with Crippen LogP contribution < -0.4 is 11.0 Å². The number of rotatable bonds is 4. The Labute approximate surface area is 180 Å². The van der Waals surface area contributed by atoms with Crippen molar-refractivity contribution < 1.29 is 18.0 Å². The minimum Gasteiger partial charge on any atom is -0.349 e. The van der Waals surface area contributed by atoms with Crippen molar-refractivity contribution in [2.75, 3.05) is 0 Å². The number of fused-ring (bicyclic) bond motifs is 1. The summed E-state index contributed by atoms with van der Waals surface area (Å²) in [6, 6.07) is 8.20. The number of hydrogen-bond acceptors (Lipinski definition) is 3. The Morgan fingerprint density at radius 1 is 1.23 bits per heavy atom. The fraction of sp³-hybridized carbons (Fsp3) is 0.381. The van der Waals surface area contributed by atoms with Gasteiger partial charge in [0.15, 0.2) is 5.69 Å². The second kappa shape index (κ2) is 8.37. The van der Waals surface area contributed by atoms with Crippen molar-refractivity contribution in [3.63, 3.8) is 0 Å². The zero-order valence-corrected chi connectivity index (χ0v) is 17.1. The Hall–Kier alpha value is -2.81. The maximum atomic E-state index is 13.2. The van der Waals surface area contributed by atoms with Crippen LogP contribution in [-0.2, 0) is 12.7 Å². The molecule has 3 aromatic rings. The van der Waals surface area contributed by atoms with Gasteiger partial charge in [0.2, 0.25) is 0 Å². The topological polar surface area (TPSA) is 79.8 Å². The Balaban J connectivity index is 1.40. The van der Waals surface area contributed by atoms with E-state index in [0.717, 1.165) is 36.1 Å². The van der Waals surface area contributed by atoms with Crippen LogP contribution in [-0.4, -0.2) is 26.5 Å². The van der Waals surface area contributed by atoms with E-state index in [1.165, 1.54) is 0 Å². The summed E-state index contributed by atoms with van der Waals surface area (Å²) in [6.07, 6.45) is -1.15. The molecule has 10 heteroatoms. The molecule has 6 nitrogen and oxygen atoms in total. The summed E-state index contributed by atoms with van der Waals surface area (Å²) in [6.45, 7) is 0.556. The van der Waals surface area contributed by atoms with Crippen molar-refractivity contribution in [2.45, 2.75) is 44.4 Å². The van der Waals surface area contributed by atoms with Crippen LogP contribution in [0.25, 0.3) is 11.0 Å². The standard InChI is InChI=1S/C21H20ClF3N4O2/c22-13-9-15(18(26-10-13)21(23,24)25)19(30)27-14-7-5-12(6-8-14)11-29-17-4-2-1-3-16(17)28-20(29)31/h1-4,9-10,12,14H,5-8,11H2,(H,27,30)(H,28,31)/t12-,14-. The van der Waals surface area contributed by atoms with Crippen LogP contribution in [0.2, 0.25) is 5.02 Å². The summed E-state index contributed by atoms with van der Waals surface area (Å²) in [5, 5.41) is 2.65. The molecule has 1 aliphatic rings. The molecular formula is C21H20ClF3N4O2. The van der Waals surface area contributed by atoms with Gasteiger partial charge in [0.1, 0.15) is 0 Å². The van der Waals surface area contributed by atoms with E-state index in [9.17, 15) is 22.8 Å². The van der Waals surface area contributed by atoms with E-state index in [1.807, 2.05) is 24.3 Å². The molecule has 0 atom stereocenters. The first-order valence-electron chi connectivity index (χ1n) is 9.93. The normalized spacial score (nSPS) is 19.5. The number of carbonyl (C=O) groups excluding carboxylic acids is 1. The second-order valence-corrected chi connectivity index (χ2v) is 8.23. The first-order chi connectivity index (χ1) is 14.7. The molecule has 0 unspecified atom stereocenters. The quantitative estimate of drug-likeness (QED) is 0.616. The minimum atomic E-state index is -4.75. The minimum absolute atomic E-state index is 0.0361. The SMILES string of the molecule is O=C(N[C@H]1CC[C@H](Cn2c(=O)[nH]c3ccccc32)CC1)c1cc(Cl)cnc1C(F)(F)F. The zero-order chi connectivity index (χ0) is 22.2. The van der Waals surface area contributed by atoms with Gasteiger partial charge in [0.25, 0.3) is 5.91 Å². The maximum Gasteiger partial charge on any atom is 0.434 e. The number of hydrogen-bond donors (Lipinski definition) is 2. The monoisotopic (exact) mass is 452 g/mol.